The molecular formula is C18H30F2N2O2. The number of aryl methyl sites for hydroxylation is 1. The summed E-state index contributed by atoms with van der Waals surface area (Å²) in [5, 5.41) is 0. The van der Waals surface area contributed by atoms with E-state index >= 15 is 0 Å². The van der Waals surface area contributed by atoms with Crippen LogP contribution in [0.5, 0.6) is 0 Å². The lowest BCUT2D eigenvalue weighted by Gasteiger charge is -2.27. The SMILES string of the molecule is CC(C)(C)OC(=O)N(CCCN)CCC(F)F.Cc1ccccc1. The number of alkyl halides is 2. The summed E-state index contributed by atoms with van der Waals surface area (Å²) in [5.41, 5.74) is 6.03. The first-order valence-electron chi connectivity index (χ1n) is 8.13. The standard InChI is InChI=1S/C11H22F2N2O2.C7H8/c1-11(2,3)17-10(16)15(7-4-6-14)8-5-9(12)13;1-7-5-3-2-4-6-7/h9H,4-8,14H2,1-3H3;2-6H,1H3. The molecule has 6 heteroatoms. The number of benzene rings is 1. The van der Waals surface area contributed by atoms with Crippen molar-refractivity contribution < 1.29 is 18.3 Å². The number of nitrogens with zero attached hydrogens (tertiary/aromatic N) is 1. The van der Waals surface area contributed by atoms with Gasteiger partial charge in [0.1, 0.15) is 5.60 Å². The van der Waals surface area contributed by atoms with Gasteiger partial charge in [-0.15, -0.1) is 0 Å². The molecule has 2 N–H and O–H groups in total. The van der Waals surface area contributed by atoms with Crippen LogP contribution in [0, 0.1) is 6.92 Å². The fourth-order valence-corrected chi connectivity index (χ4v) is 1.69. The quantitative estimate of drug-likeness (QED) is 0.840. The zero-order chi connectivity index (χ0) is 18.6. The summed E-state index contributed by atoms with van der Waals surface area (Å²) >= 11 is 0. The molecule has 0 unspecified atom stereocenters. The third kappa shape index (κ3) is 12.8. The van der Waals surface area contributed by atoms with Crippen molar-refractivity contribution in [2.45, 2.75) is 52.6 Å². The van der Waals surface area contributed by atoms with Crippen molar-refractivity contribution in [3.63, 3.8) is 0 Å². The highest BCUT2D eigenvalue weighted by Crippen LogP contribution is 2.11. The van der Waals surface area contributed by atoms with Crippen LogP contribution in [0.3, 0.4) is 0 Å². The maximum Gasteiger partial charge on any atom is 0.410 e. The molecule has 1 aromatic rings. The molecule has 24 heavy (non-hydrogen) atoms. The molecule has 0 aliphatic heterocycles. The van der Waals surface area contributed by atoms with Crippen LogP contribution < -0.4 is 5.73 Å². The Bertz CT molecular complexity index is 448. The number of hydrogen-bond donors (Lipinski definition) is 1. The van der Waals surface area contributed by atoms with Crippen molar-refractivity contribution in [2.75, 3.05) is 19.6 Å². The van der Waals surface area contributed by atoms with Gasteiger partial charge in [0.2, 0.25) is 6.43 Å². The lowest BCUT2D eigenvalue weighted by Crippen LogP contribution is -2.39. The van der Waals surface area contributed by atoms with Gasteiger partial charge in [-0.2, -0.15) is 0 Å². The molecule has 0 spiro atoms. The van der Waals surface area contributed by atoms with E-state index in [0.29, 0.717) is 19.5 Å². The second kappa shape index (κ2) is 11.8. The van der Waals surface area contributed by atoms with E-state index in [1.165, 1.54) is 10.5 Å². The molecule has 0 aliphatic rings. The maximum absolute atomic E-state index is 12.1. The smallest absolute Gasteiger partial charge is 0.410 e. The number of carbonyl (C=O) groups excluding carboxylic acids is 1. The van der Waals surface area contributed by atoms with Crippen LogP contribution in [0.15, 0.2) is 30.3 Å². The number of ether oxygens (including phenoxy) is 1. The van der Waals surface area contributed by atoms with Crippen LogP contribution in [-0.2, 0) is 4.74 Å². The minimum Gasteiger partial charge on any atom is -0.444 e. The van der Waals surface area contributed by atoms with Crippen LogP contribution in [-0.4, -0.2) is 42.7 Å². The Morgan fingerprint density at radius 3 is 2.17 bits per heavy atom. The summed E-state index contributed by atoms with van der Waals surface area (Å²) < 4.78 is 29.4. The molecule has 1 rings (SSSR count). The first kappa shape index (κ1) is 22.3. The normalized spacial score (nSPS) is 10.8. The van der Waals surface area contributed by atoms with E-state index in [9.17, 15) is 13.6 Å². The number of amides is 1. The highest BCUT2D eigenvalue weighted by molar-refractivity contribution is 5.68. The number of carbonyl (C=O) groups is 1. The minimum atomic E-state index is -2.42. The first-order chi connectivity index (χ1) is 11.2. The Morgan fingerprint density at radius 2 is 1.79 bits per heavy atom. The van der Waals surface area contributed by atoms with Crippen molar-refractivity contribution in [3.8, 4) is 0 Å². The molecule has 0 fully saturated rings. The summed E-state index contributed by atoms with van der Waals surface area (Å²) in [5.74, 6) is 0. The predicted octanol–water partition coefficient (Wildman–Crippen LogP) is 4.22. The topological polar surface area (TPSA) is 55.6 Å². The van der Waals surface area contributed by atoms with Crippen LogP contribution >= 0.6 is 0 Å². The molecule has 1 aromatic carbocycles. The average molecular weight is 344 g/mol. The number of nitrogens with two attached hydrogens (primary N) is 1. The molecule has 1 amide bonds. The van der Waals surface area contributed by atoms with Crippen LogP contribution in [0.2, 0.25) is 0 Å². The number of halogens is 2. The van der Waals surface area contributed by atoms with E-state index < -0.39 is 18.1 Å². The van der Waals surface area contributed by atoms with E-state index in [1.807, 2.05) is 18.2 Å². The molecule has 4 nitrogen and oxygen atoms in total. The Morgan fingerprint density at radius 1 is 1.21 bits per heavy atom. The average Bonchev–Trinajstić information content (AvgIpc) is 2.46. The highest BCUT2D eigenvalue weighted by Gasteiger charge is 2.22. The fraction of sp³-hybridized carbons (Fsp3) is 0.611. The van der Waals surface area contributed by atoms with E-state index in [0.717, 1.165) is 0 Å². The maximum atomic E-state index is 12.1. The lowest BCUT2D eigenvalue weighted by molar-refractivity contribution is 0.0209. The van der Waals surface area contributed by atoms with E-state index in [-0.39, 0.29) is 13.0 Å². The van der Waals surface area contributed by atoms with Gasteiger partial charge in [-0.05, 0) is 40.7 Å². The van der Waals surface area contributed by atoms with Crippen molar-refractivity contribution in [1.29, 1.82) is 0 Å². The Hall–Kier alpha value is -1.69. The molecule has 0 bridgehead atoms. The zero-order valence-electron chi connectivity index (χ0n) is 15.1. The number of hydrogen-bond acceptors (Lipinski definition) is 3. The Labute approximate surface area is 144 Å². The van der Waals surface area contributed by atoms with Crippen LogP contribution in [0.4, 0.5) is 13.6 Å². The van der Waals surface area contributed by atoms with Gasteiger partial charge in [0, 0.05) is 19.5 Å². The molecule has 138 valence electrons. The molecule has 0 saturated carbocycles. The van der Waals surface area contributed by atoms with Crippen molar-refractivity contribution in [1.82, 2.24) is 4.90 Å². The molecule has 0 heterocycles. The second-order valence-electron chi connectivity index (χ2n) is 6.44. The molecule has 0 aromatic heterocycles. The first-order valence-corrected chi connectivity index (χ1v) is 8.13. The van der Waals surface area contributed by atoms with Gasteiger partial charge in [-0.25, -0.2) is 13.6 Å². The van der Waals surface area contributed by atoms with Crippen molar-refractivity contribution >= 4 is 6.09 Å². The zero-order valence-corrected chi connectivity index (χ0v) is 15.1. The summed E-state index contributed by atoms with van der Waals surface area (Å²) in [6.07, 6.45) is -2.75. The minimum absolute atomic E-state index is 0.00736. The van der Waals surface area contributed by atoms with E-state index in [4.69, 9.17) is 10.5 Å². The predicted molar refractivity (Wildman–Crippen MR) is 93.3 cm³/mol. The van der Waals surface area contributed by atoms with Crippen molar-refractivity contribution in [2.24, 2.45) is 5.73 Å². The van der Waals surface area contributed by atoms with Gasteiger partial charge in [0.15, 0.2) is 0 Å². The summed E-state index contributed by atoms with van der Waals surface area (Å²) in [6.45, 7) is 8.04. The van der Waals surface area contributed by atoms with Crippen LogP contribution in [0.25, 0.3) is 0 Å². The van der Waals surface area contributed by atoms with Crippen LogP contribution in [0.1, 0.15) is 39.2 Å². The van der Waals surface area contributed by atoms with Crippen molar-refractivity contribution in [3.05, 3.63) is 35.9 Å². The van der Waals surface area contributed by atoms with E-state index in [1.54, 1.807) is 20.8 Å². The van der Waals surface area contributed by atoms with E-state index in [2.05, 4.69) is 19.1 Å². The summed E-state index contributed by atoms with van der Waals surface area (Å²) in [6, 6.07) is 10.3. The van der Waals surface area contributed by atoms with Gasteiger partial charge in [0.05, 0.1) is 0 Å². The molecular weight excluding hydrogens is 314 g/mol. The van der Waals surface area contributed by atoms with Gasteiger partial charge >= 0.3 is 6.09 Å². The largest absolute Gasteiger partial charge is 0.444 e. The lowest BCUT2D eigenvalue weighted by atomic mass is 10.2. The Balaban J connectivity index is 0.000000620. The third-order valence-corrected chi connectivity index (χ3v) is 2.84. The monoisotopic (exact) mass is 344 g/mol. The molecule has 0 atom stereocenters. The number of rotatable bonds is 6. The molecule has 0 radical (unpaired) electrons. The Kier molecular flexibility index (Phi) is 11.0. The third-order valence-electron chi connectivity index (χ3n) is 2.84. The summed E-state index contributed by atoms with van der Waals surface area (Å²) in [4.78, 5) is 13.0. The van der Waals surface area contributed by atoms with Gasteiger partial charge in [0.25, 0.3) is 0 Å². The van der Waals surface area contributed by atoms with Gasteiger partial charge in [-0.1, -0.05) is 35.9 Å². The summed E-state index contributed by atoms with van der Waals surface area (Å²) in [7, 11) is 0. The molecule has 0 saturated heterocycles. The second-order valence-corrected chi connectivity index (χ2v) is 6.44. The van der Waals surface area contributed by atoms with Gasteiger partial charge < -0.3 is 15.4 Å². The fourth-order valence-electron chi connectivity index (χ4n) is 1.69. The highest BCUT2D eigenvalue weighted by atomic mass is 19.3. The molecule has 0 aliphatic carbocycles. The van der Waals surface area contributed by atoms with Gasteiger partial charge in [-0.3, -0.25) is 0 Å².